The fraction of sp³-hybridized carbons (Fsp3) is 0.625. The minimum atomic E-state index is -0.380. The van der Waals surface area contributed by atoms with Crippen molar-refractivity contribution in [1.29, 1.82) is 0 Å². The van der Waals surface area contributed by atoms with Crippen LogP contribution in [0.15, 0.2) is 12.7 Å². The Morgan fingerprint density at radius 3 is 2.82 bits per heavy atom. The maximum absolute atomic E-state index is 10.9. The molecule has 0 bridgehead atoms. The van der Waals surface area contributed by atoms with Crippen molar-refractivity contribution >= 4 is 5.97 Å². The molecular formula is C8H12O3. The largest absolute Gasteiger partial charge is 0.459 e. The highest BCUT2D eigenvalue weighted by Crippen LogP contribution is 2.28. The van der Waals surface area contributed by atoms with Crippen LogP contribution in [0.3, 0.4) is 0 Å². The molecule has 1 aliphatic rings. The van der Waals surface area contributed by atoms with Crippen LogP contribution in [0.4, 0.5) is 0 Å². The molecule has 3 heteroatoms. The van der Waals surface area contributed by atoms with E-state index in [0.29, 0.717) is 0 Å². The smallest absolute Gasteiger partial charge is 0.309 e. The number of aliphatic hydroxyl groups excluding tert-OH is 1. The molecule has 0 aliphatic carbocycles. The third kappa shape index (κ3) is 1.28. The molecule has 62 valence electrons. The lowest BCUT2D eigenvalue weighted by atomic mass is 9.92. The van der Waals surface area contributed by atoms with Crippen molar-refractivity contribution in [1.82, 2.24) is 0 Å². The molecule has 0 aromatic carbocycles. The van der Waals surface area contributed by atoms with Crippen LogP contribution < -0.4 is 0 Å². The summed E-state index contributed by atoms with van der Waals surface area (Å²) in [5.41, 5.74) is 0. The summed E-state index contributed by atoms with van der Waals surface area (Å²) in [6.07, 6.45) is 1.28. The molecule has 3 atom stereocenters. The van der Waals surface area contributed by atoms with Gasteiger partial charge >= 0.3 is 5.97 Å². The lowest BCUT2D eigenvalue weighted by Crippen LogP contribution is -2.20. The van der Waals surface area contributed by atoms with Crippen molar-refractivity contribution in [3.8, 4) is 0 Å². The fourth-order valence-corrected chi connectivity index (χ4v) is 1.33. The normalized spacial score (nSPS) is 36.9. The Kier molecular flexibility index (Phi) is 2.29. The van der Waals surface area contributed by atoms with Crippen LogP contribution in [0.2, 0.25) is 0 Å². The molecule has 1 N–H and O–H groups in total. The zero-order valence-electron chi connectivity index (χ0n) is 6.49. The van der Waals surface area contributed by atoms with Gasteiger partial charge in [-0.25, -0.2) is 0 Å². The average Bonchev–Trinajstić information content (AvgIpc) is 2.28. The lowest BCUT2D eigenvalue weighted by Gasteiger charge is -2.11. The summed E-state index contributed by atoms with van der Waals surface area (Å²) in [5.74, 6) is -0.439. The second-order valence-corrected chi connectivity index (χ2v) is 2.76. The number of ether oxygens (including phenoxy) is 1. The molecule has 1 heterocycles. The van der Waals surface area contributed by atoms with E-state index < -0.39 is 0 Å². The van der Waals surface area contributed by atoms with E-state index in [9.17, 15) is 4.79 Å². The number of carbonyl (C=O) groups is 1. The third-order valence-corrected chi connectivity index (χ3v) is 2.10. The molecule has 1 fully saturated rings. The summed E-state index contributed by atoms with van der Waals surface area (Å²) in [6.45, 7) is 5.25. The minimum Gasteiger partial charge on any atom is -0.459 e. The summed E-state index contributed by atoms with van der Waals surface area (Å²) in [7, 11) is 0. The molecule has 1 rings (SSSR count). The number of hydrogen-bond donors (Lipinski definition) is 1. The van der Waals surface area contributed by atoms with Crippen molar-refractivity contribution in [2.24, 2.45) is 11.8 Å². The van der Waals surface area contributed by atoms with Crippen LogP contribution >= 0.6 is 0 Å². The second kappa shape index (κ2) is 3.05. The van der Waals surface area contributed by atoms with Crippen molar-refractivity contribution in [2.45, 2.75) is 13.0 Å². The summed E-state index contributed by atoms with van der Waals surface area (Å²) in [6, 6.07) is 0. The SMILES string of the molecule is C=CC1C(CO)OC(=O)C1C. The molecule has 0 radical (unpaired) electrons. The molecule has 3 unspecified atom stereocenters. The maximum atomic E-state index is 10.9. The standard InChI is InChI=1S/C8H12O3/c1-3-6-5(2)8(10)11-7(6)4-9/h3,5-7,9H,1,4H2,2H3. The Hall–Kier alpha value is -0.830. The summed E-state index contributed by atoms with van der Waals surface area (Å²) < 4.78 is 4.87. The number of rotatable bonds is 2. The van der Waals surface area contributed by atoms with Crippen LogP contribution in [0.5, 0.6) is 0 Å². The van der Waals surface area contributed by atoms with Gasteiger partial charge in [-0.1, -0.05) is 13.0 Å². The van der Waals surface area contributed by atoms with Crippen LogP contribution in [0, 0.1) is 11.8 Å². The Bertz CT molecular complexity index is 176. The van der Waals surface area contributed by atoms with E-state index in [1.54, 1.807) is 13.0 Å². The molecule has 1 saturated heterocycles. The highest BCUT2D eigenvalue weighted by molar-refractivity contribution is 5.75. The number of hydrogen-bond acceptors (Lipinski definition) is 3. The van der Waals surface area contributed by atoms with Gasteiger partial charge in [0, 0.05) is 5.92 Å². The molecule has 11 heavy (non-hydrogen) atoms. The van der Waals surface area contributed by atoms with Gasteiger partial charge in [0.1, 0.15) is 6.10 Å². The lowest BCUT2D eigenvalue weighted by molar-refractivity contribution is -0.145. The predicted molar refractivity (Wildman–Crippen MR) is 39.8 cm³/mol. The predicted octanol–water partition coefficient (Wildman–Crippen LogP) is 0.342. The van der Waals surface area contributed by atoms with Crippen LogP contribution in [-0.2, 0) is 9.53 Å². The third-order valence-electron chi connectivity index (χ3n) is 2.10. The van der Waals surface area contributed by atoms with Crippen molar-refractivity contribution < 1.29 is 14.6 Å². The topological polar surface area (TPSA) is 46.5 Å². The number of esters is 1. The molecule has 1 aliphatic heterocycles. The maximum Gasteiger partial charge on any atom is 0.309 e. The Morgan fingerprint density at radius 2 is 2.45 bits per heavy atom. The van der Waals surface area contributed by atoms with E-state index in [1.807, 2.05) is 0 Å². The number of carbonyl (C=O) groups excluding carboxylic acids is 1. The van der Waals surface area contributed by atoms with Crippen molar-refractivity contribution in [3.63, 3.8) is 0 Å². The van der Waals surface area contributed by atoms with Gasteiger partial charge in [0.15, 0.2) is 0 Å². The zero-order valence-corrected chi connectivity index (χ0v) is 6.49. The first-order valence-electron chi connectivity index (χ1n) is 3.64. The molecule has 0 saturated carbocycles. The fourth-order valence-electron chi connectivity index (χ4n) is 1.33. The van der Waals surface area contributed by atoms with E-state index in [1.165, 1.54) is 0 Å². The summed E-state index contributed by atoms with van der Waals surface area (Å²) in [5, 5.41) is 8.78. The molecule has 0 aromatic heterocycles. The van der Waals surface area contributed by atoms with Gasteiger partial charge in [-0.05, 0) is 0 Å². The highest BCUT2D eigenvalue weighted by Gasteiger charge is 2.39. The summed E-state index contributed by atoms with van der Waals surface area (Å²) >= 11 is 0. The first-order chi connectivity index (χ1) is 5.20. The van der Waals surface area contributed by atoms with Crippen LogP contribution in [0.1, 0.15) is 6.92 Å². The van der Waals surface area contributed by atoms with Crippen molar-refractivity contribution in [2.75, 3.05) is 6.61 Å². The van der Waals surface area contributed by atoms with E-state index in [4.69, 9.17) is 9.84 Å². The Morgan fingerprint density at radius 1 is 1.82 bits per heavy atom. The Balaban J connectivity index is 2.72. The van der Waals surface area contributed by atoms with Gasteiger partial charge in [-0.15, -0.1) is 6.58 Å². The van der Waals surface area contributed by atoms with Crippen LogP contribution in [-0.4, -0.2) is 23.8 Å². The molecule has 0 aromatic rings. The number of aliphatic hydroxyl groups is 1. The van der Waals surface area contributed by atoms with E-state index >= 15 is 0 Å². The first kappa shape index (κ1) is 8.27. The van der Waals surface area contributed by atoms with E-state index in [0.717, 1.165) is 0 Å². The second-order valence-electron chi connectivity index (χ2n) is 2.76. The quantitative estimate of drug-likeness (QED) is 0.463. The number of cyclic esters (lactones) is 1. The van der Waals surface area contributed by atoms with Gasteiger partial charge in [-0.3, -0.25) is 4.79 Å². The molecule has 0 amide bonds. The van der Waals surface area contributed by atoms with Crippen molar-refractivity contribution in [3.05, 3.63) is 12.7 Å². The average molecular weight is 156 g/mol. The molecule has 3 nitrogen and oxygen atoms in total. The monoisotopic (exact) mass is 156 g/mol. The zero-order chi connectivity index (χ0) is 8.43. The van der Waals surface area contributed by atoms with Gasteiger partial charge in [0.2, 0.25) is 0 Å². The first-order valence-corrected chi connectivity index (χ1v) is 3.64. The molecule has 0 spiro atoms. The van der Waals surface area contributed by atoms with Gasteiger partial charge in [0.05, 0.1) is 12.5 Å². The van der Waals surface area contributed by atoms with Crippen LogP contribution in [0.25, 0.3) is 0 Å². The van der Waals surface area contributed by atoms with Gasteiger partial charge in [-0.2, -0.15) is 0 Å². The Labute approximate surface area is 65.7 Å². The van der Waals surface area contributed by atoms with E-state index in [2.05, 4.69) is 6.58 Å². The molecular weight excluding hydrogens is 144 g/mol. The van der Waals surface area contributed by atoms with Gasteiger partial charge < -0.3 is 9.84 Å². The minimum absolute atomic E-state index is 0.0347. The summed E-state index contributed by atoms with van der Waals surface area (Å²) in [4.78, 5) is 10.9. The highest BCUT2D eigenvalue weighted by atomic mass is 16.6. The van der Waals surface area contributed by atoms with Gasteiger partial charge in [0.25, 0.3) is 0 Å². The van der Waals surface area contributed by atoms with E-state index in [-0.39, 0.29) is 30.5 Å².